The third-order valence-corrected chi connectivity index (χ3v) is 10.7. The highest BCUT2D eigenvalue weighted by Crippen LogP contribution is 2.67. The molecule has 0 spiro atoms. The van der Waals surface area contributed by atoms with Crippen molar-refractivity contribution in [1.82, 2.24) is 0 Å². The molecule has 9 atom stereocenters. The van der Waals surface area contributed by atoms with Crippen molar-refractivity contribution in [3.63, 3.8) is 0 Å². The minimum Gasteiger partial charge on any atom is -0.324 e. The van der Waals surface area contributed by atoms with Crippen LogP contribution in [0.1, 0.15) is 98.8 Å². The van der Waals surface area contributed by atoms with Gasteiger partial charge in [-0.15, -0.1) is 11.6 Å². The summed E-state index contributed by atoms with van der Waals surface area (Å²) in [7, 11) is 0. The quantitative estimate of drug-likeness (QED) is 0.360. The van der Waals surface area contributed by atoms with E-state index in [2.05, 4.69) is 40.7 Å². The van der Waals surface area contributed by atoms with Gasteiger partial charge in [-0.2, -0.15) is 0 Å². The van der Waals surface area contributed by atoms with Crippen LogP contribution in [0, 0.1) is 46.3 Å². The topological polar surface area (TPSA) is 26.0 Å². The van der Waals surface area contributed by atoms with Crippen molar-refractivity contribution < 1.29 is 0 Å². The van der Waals surface area contributed by atoms with Crippen LogP contribution in [0.15, 0.2) is 11.6 Å². The molecule has 4 rings (SSSR count). The van der Waals surface area contributed by atoms with Crippen molar-refractivity contribution >= 4 is 11.6 Å². The molecule has 0 amide bonds. The van der Waals surface area contributed by atoms with Crippen LogP contribution in [0.2, 0.25) is 0 Å². The maximum atomic E-state index is 6.93. The third-order valence-electron chi connectivity index (χ3n) is 10.3. The summed E-state index contributed by atoms with van der Waals surface area (Å²) < 4.78 is 0. The molecule has 4 aliphatic carbocycles. The van der Waals surface area contributed by atoms with Crippen LogP contribution in [0.3, 0.4) is 0 Å². The summed E-state index contributed by atoms with van der Waals surface area (Å²) in [5, 5.41) is 0.328. The van der Waals surface area contributed by atoms with E-state index in [4.69, 9.17) is 17.3 Å². The first-order chi connectivity index (χ1) is 13.7. The van der Waals surface area contributed by atoms with E-state index in [1.54, 1.807) is 5.57 Å². The van der Waals surface area contributed by atoms with Crippen LogP contribution >= 0.6 is 11.6 Å². The van der Waals surface area contributed by atoms with Gasteiger partial charge in [0, 0.05) is 11.4 Å². The molecule has 0 saturated heterocycles. The minimum absolute atomic E-state index is 0.254. The molecule has 0 aliphatic heterocycles. The smallest absolute Gasteiger partial charge is 0.0373 e. The minimum atomic E-state index is 0.254. The lowest BCUT2D eigenvalue weighted by Crippen LogP contribution is -2.56. The van der Waals surface area contributed by atoms with Gasteiger partial charge in [-0.3, -0.25) is 0 Å². The van der Waals surface area contributed by atoms with E-state index in [-0.39, 0.29) is 6.04 Å². The lowest BCUT2D eigenvalue weighted by Gasteiger charge is -2.60. The molecule has 0 aromatic rings. The van der Waals surface area contributed by atoms with Crippen LogP contribution < -0.4 is 5.73 Å². The van der Waals surface area contributed by atoms with E-state index >= 15 is 0 Å². The summed E-state index contributed by atoms with van der Waals surface area (Å²) in [6, 6.07) is 0.254. The molecule has 0 heterocycles. The highest BCUT2D eigenvalue weighted by molar-refractivity contribution is 6.20. The molecule has 3 fully saturated rings. The number of halogens is 1. The molecule has 0 bridgehead atoms. The maximum Gasteiger partial charge on any atom is 0.0373 e. The van der Waals surface area contributed by atoms with Gasteiger partial charge in [-0.05, 0) is 91.3 Å². The third kappa shape index (κ3) is 3.75. The van der Waals surface area contributed by atoms with Gasteiger partial charge < -0.3 is 5.73 Å². The van der Waals surface area contributed by atoms with Crippen molar-refractivity contribution in [2.24, 2.45) is 52.1 Å². The Morgan fingerprint density at radius 2 is 1.79 bits per heavy atom. The Hall–Kier alpha value is -0.0100. The SMILES string of the molecule is CC(C)CCCC(C)C1CCC2C3C(N)C=C4CC(Cl)CCC4(C)C3CCC12C. The van der Waals surface area contributed by atoms with Gasteiger partial charge in [0.15, 0.2) is 0 Å². The number of hydrogen-bond acceptors (Lipinski definition) is 1. The second-order valence-corrected chi connectivity index (χ2v) is 13.0. The largest absolute Gasteiger partial charge is 0.324 e. The number of allylic oxidation sites excluding steroid dienone is 1. The molecule has 0 aromatic heterocycles. The van der Waals surface area contributed by atoms with Crippen LogP contribution in [-0.2, 0) is 0 Å². The van der Waals surface area contributed by atoms with Crippen molar-refractivity contribution in [1.29, 1.82) is 0 Å². The molecular weight excluding hydrogens is 374 g/mol. The number of fused-ring (bicyclic) bond motifs is 5. The predicted molar refractivity (Wildman–Crippen MR) is 126 cm³/mol. The average molecular weight is 420 g/mol. The van der Waals surface area contributed by atoms with E-state index in [1.807, 2.05) is 0 Å². The van der Waals surface area contributed by atoms with Crippen LogP contribution in [0.25, 0.3) is 0 Å². The van der Waals surface area contributed by atoms with E-state index in [0.717, 1.165) is 36.0 Å². The summed E-state index contributed by atoms with van der Waals surface area (Å²) >= 11 is 6.57. The zero-order valence-corrected chi connectivity index (χ0v) is 20.5. The van der Waals surface area contributed by atoms with Gasteiger partial charge in [-0.1, -0.05) is 65.5 Å². The Bertz CT molecular complexity index is 626. The van der Waals surface area contributed by atoms with Crippen molar-refractivity contribution in [3.8, 4) is 0 Å². The number of alkyl halides is 1. The summed E-state index contributed by atoms with van der Waals surface area (Å²) in [5.41, 5.74) is 9.42. The maximum absolute atomic E-state index is 6.93. The molecule has 1 nitrogen and oxygen atoms in total. The van der Waals surface area contributed by atoms with Crippen LogP contribution in [-0.4, -0.2) is 11.4 Å². The number of rotatable bonds is 5. The van der Waals surface area contributed by atoms with Gasteiger partial charge >= 0.3 is 0 Å². The number of hydrogen-bond donors (Lipinski definition) is 1. The van der Waals surface area contributed by atoms with E-state index in [0.29, 0.717) is 22.1 Å². The van der Waals surface area contributed by atoms with Crippen LogP contribution in [0.5, 0.6) is 0 Å². The predicted octanol–water partition coefficient (Wildman–Crippen LogP) is 7.57. The first-order valence-corrected chi connectivity index (χ1v) is 13.2. The van der Waals surface area contributed by atoms with E-state index < -0.39 is 0 Å². The zero-order valence-electron chi connectivity index (χ0n) is 19.7. The molecule has 29 heavy (non-hydrogen) atoms. The molecule has 166 valence electrons. The second-order valence-electron chi connectivity index (χ2n) is 12.3. The average Bonchev–Trinajstić information content (AvgIpc) is 3.00. The molecule has 4 aliphatic rings. The lowest BCUT2D eigenvalue weighted by atomic mass is 9.46. The van der Waals surface area contributed by atoms with Gasteiger partial charge in [-0.25, -0.2) is 0 Å². The first kappa shape index (κ1) is 22.2. The molecular formula is C27H46ClN. The van der Waals surface area contributed by atoms with Crippen molar-refractivity contribution in [2.45, 2.75) is 110 Å². The highest BCUT2D eigenvalue weighted by atomic mass is 35.5. The Kier molecular flexibility index (Phi) is 6.24. The van der Waals surface area contributed by atoms with Gasteiger partial charge in [0.25, 0.3) is 0 Å². The second kappa shape index (κ2) is 8.16. The monoisotopic (exact) mass is 419 g/mol. The fraction of sp³-hybridized carbons (Fsp3) is 0.926. The fourth-order valence-electron chi connectivity index (χ4n) is 8.72. The zero-order chi connectivity index (χ0) is 21.0. The molecule has 0 aromatic carbocycles. The Balaban J connectivity index is 1.54. The Labute approximate surface area is 185 Å². The fourth-order valence-corrected chi connectivity index (χ4v) is 8.99. The summed E-state index contributed by atoms with van der Waals surface area (Å²) in [6.07, 6.45) is 15.9. The standard InChI is InChI=1S/C27H46ClN/c1-17(2)7-6-8-18(3)21-9-10-22-25-23(12-14-27(21,22)5)26(4)13-11-20(28)15-19(26)16-24(25)29/h16-18,20-25H,6-15,29H2,1-5H3. The normalized spacial score (nSPS) is 47.9. The molecule has 2 heteroatoms. The first-order valence-electron chi connectivity index (χ1n) is 12.8. The highest BCUT2D eigenvalue weighted by Gasteiger charge is 2.60. The molecule has 9 unspecified atom stereocenters. The molecule has 3 saturated carbocycles. The lowest BCUT2D eigenvalue weighted by molar-refractivity contribution is -0.0561. The summed E-state index contributed by atoms with van der Waals surface area (Å²) in [5.74, 6) is 4.93. The van der Waals surface area contributed by atoms with Gasteiger partial charge in [0.1, 0.15) is 0 Å². The van der Waals surface area contributed by atoms with Gasteiger partial charge in [0.05, 0.1) is 0 Å². The van der Waals surface area contributed by atoms with E-state index in [9.17, 15) is 0 Å². The van der Waals surface area contributed by atoms with Gasteiger partial charge in [0.2, 0.25) is 0 Å². The number of nitrogens with two attached hydrogens (primary N) is 1. The summed E-state index contributed by atoms with van der Waals surface area (Å²) in [6.45, 7) is 12.5. The van der Waals surface area contributed by atoms with E-state index in [1.165, 1.54) is 57.8 Å². The Morgan fingerprint density at radius 3 is 2.52 bits per heavy atom. The molecule has 2 N–H and O–H groups in total. The Morgan fingerprint density at radius 1 is 1.03 bits per heavy atom. The van der Waals surface area contributed by atoms with Crippen molar-refractivity contribution in [2.75, 3.05) is 0 Å². The molecule has 0 radical (unpaired) electrons. The summed E-state index contributed by atoms with van der Waals surface area (Å²) in [4.78, 5) is 0. The van der Waals surface area contributed by atoms with Crippen molar-refractivity contribution in [3.05, 3.63) is 11.6 Å². The van der Waals surface area contributed by atoms with Crippen LogP contribution in [0.4, 0.5) is 0 Å².